The maximum Gasteiger partial charge on any atom is 0.225 e. The number of carbonyl (C=O) groups excluding carboxylic acids is 2. The molecule has 2 bridgehead atoms. The first-order valence-electron chi connectivity index (χ1n) is 7.19. The van der Waals surface area contributed by atoms with Crippen LogP contribution in [-0.2, 0) is 16.0 Å². The van der Waals surface area contributed by atoms with Gasteiger partial charge in [0.25, 0.3) is 0 Å². The number of aromatic nitrogens is 1. The maximum absolute atomic E-state index is 12.3. The summed E-state index contributed by atoms with van der Waals surface area (Å²) in [6.07, 6.45) is 6.62. The molecule has 4 heterocycles. The molecular weight excluding hydrogens is 254 g/mol. The lowest BCUT2D eigenvalue weighted by atomic mass is 9.96. The summed E-state index contributed by atoms with van der Waals surface area (Å²) >= 11 is 0. The monoisotopic (exact) mass is 273 g/mol. The van der Waals surface area contributed by atoms with E-state index >= 15 is 0 Å². The number of hydrogen-bond acceptors (Lipinski definition) is 3. The number of aryl methyl sites for hydroxylation is 1. The molecule has 0 radical (unpaired) electrons. The van der Waals surface area contributed by atoms with Crippen molar-refractivity contribution in [2.75, 3.05) is 13.1 Å². The Morgan fingerprint density at radius 1 is 1.40 bits per heavy atom. The number of fused-ring (bicyclic) bond motifs is 4. The van der Waals surface area contributed by atoms with Crippen molar-refractivity contribution in [3.63, 3.8) is 0 Å². The minimum Gasteiger partial charge on any atom is -0.351 e. The summed E-state index contributed by atoms with van der Waals surface area (Å²) in [5, 5.41) is 2.99. The molecule has 1 aromatic heterocycles. The normalized spacial score (nSPS) is 25.2. The van der Waals surface area contributed by atoms with E-state index in [0.29, 0.717) is 25.9 Å². The van der Waals surface area contributed by atoms with Crippen LogP contribution in [0.1, 0.15) is 24.8 Å². The van der Waals surface area contributed by atoms with Crippen LogP contribution in [0.3, 0.4) is 0 Å². The van der Waals surface area contributed by atoms with Crippen LogP contribution < -0.4 is 5.32 Å². The third kappa shape index (κ3) is 2.81. The maximum atomic E-state index is 12.3. The van der Waals surface area contributed by atoms with Gasteiger partial charge in [0.05, 0.1) is 5.92 Å². The molecule has 5 nitrogen and oxygen atoms in total. The van der Waals surface area contributed by atoms with Crippen molar-refractivity contribution in [2.45, 2.75) is 31.7 Å². The van der Waals surface area contributed by atoms with Crippen LogP contribution in [0.25, 0.3) is 0 Å². The molecule has 0 unspecified atom stereocenters. The van der Waals surface area contributed by atoms with Crippen LogP contribution in [0, 0.1) is 5.92 Å². The minimum absolute atomic E-state index is 0.0175. The van der Waals surface area contributed by atoms with Gasteiger partial charge < -0.3 is 10.2 Å². The van der Waals surface area contributed by atoms with Gasteiger partial charge in [-0.25, -0.2) is 0 Å². The van der Waals surface area contributed by atoms with Gasteiger partial charge in [-0.15, -0.1) is 0 Å². The van der Waals surface area contributed by atoms with Gasteiger partial charge in [0.15, 0.2) is 0 Å². The predicted molar refractivity (Wildman–Crippen MR) is 73.8 cm³/mol. The Balaban J connectivity index is 1.59. The number of hydrogen-bond donors (Lipinski definition) is 1. The van der Waals surface area contributed by atoms with E-state index in [-0.39, 0.29) is 23.8 Å². The molecular formula is C15H19N3O2. The third-order valence-corrected chi connectivity index (χ3v) is 4.17. The van der Waals surface area contributed by atoms with Crippen LogP contribution in [-0.4, -0.2) is 40.8 Å². The fraction of sp³-hybridized carbons (Fsp3) is 0.533. The van der Waals surface area contributed by atoms with Crippen molar-refractivity contribution in [3.05, 3.63) is 30.1 Å². The molecule has 3 aliphatic heterocycles. The molecule has 3 saturated heterocycles. The zero-order valence-electron chi connectivity index (χ0n) is 11.4. The fourth-order valence-electron chi connectivity index (χ4n) is 3.00. The first-order chi connectivity index (χ1) is 9.72. The van der Waals surface area contributed by atoms with Crippen LogP contribution in [0.2, 0.25) is 0 Å². The Morgan fingerprint density at radius 2 is 2.30 bits per heavy atom. The van der Waals surface area contributed by atoms with Gasteiger partial charge in [0.2, 0.25) is 11.8 Å². The Bertz CT molecular complexity index is 503. The van der Waals surface area contributed by atoms with Crippen molar-refractivity contribution in [1.82, 2.24) is 15.2 Å². The number of nitrogens with one attached hydrogen (secondary N) is 1. The number of pyridine rings is 1. The van der Waals surface area contributed by atoms with E-state index in [1.807, 2.05) is 17.0 Å². The molecule has 0 saturated carbocycles. The van der Waals surface area contributed by atoms with Crippen LogP contribution >= 0.6 is 0 Å². The summed E-state index contributed by atoms with van der Waals surface area (Å²) < 4.78 is 0. The molecule has 2 atom stereocenters. The number of amides is 2. The van der Waals surface area contributed by atoms with Gasteiger partial charge in [0.1, 0.15) is 0 Å². The second kappa shape index (κ2) is 5.61. The number of nitrogens with zero attached hydrogens (tertiary/aromatic N) is 2. The lowest BCUT2D eigenvalue weighted by Crippen LogP contribution is -2.43. The molecule has 0 spiro atoms. The molecule has 20 heavy (non-hydrogen) atoms. The zero-order chi connectivity index (χ0) is 13.9. The topological polar surface area (TPSA) is 62.3 Å². The van der Waals surface area contributed by atoms with E-state index in [1.54, 1.807) is 12.4 Å². The molecule has 0 aliphatic carbocycles. The lowest BCUT2D eigenvalue weighted by Gasteiger charge is -2.23. The van der Waals surface area contributed by atoms with E-state index < -0.39 is 0 Å². The average molecular weight is 273 g/mol. The minimum atomic E-state index is -0.0175. The molecule has 3 aliphatic rings. The first-order valence-corrected chi connectivity index (χ1v) is 7.19. The third-order valence-electron chi connectivity index (χ3n) is 4.17. The summed E-state index contributed by atoms with van der Waals surface area (Å²) in [6.45, 7) is 1.24. The van der Waals surface area contributed by atoms with Crippen molar-refractivity contribution in [1.29, 1.82) is 0 Å². The van der Waals surface area contributed by atoms with Gasteiger partial charge in [-0.1, -0.05) is 6.07 Å². The SMILES string of the molecule is O=C1N[C@@H]2CC[C@H]1CN(C(=O)CCc1cccnc1)C2. The molecule has 1 N–H and O–H groups in total. The van der Waals surface area contributed by atoms with E-state index in [9.17, 15) is 9.59 Å². The fourth-order valence-corrected chi connectivity index (χ4v) is 3.00. The van der Waals surface area contributed by atoms with Crippen LogP contribution in [0.5, 0.6) is 0 Å². The average Bonchev–Trinajstić information content (AvgIpc) is 2.77. The second-order valence-corrected chi connectivity index (χ2v) is 5.64. The number of piperidine rings is 1. The largest absolute Gasteiger partial charge is 0.351 e. The molecule has 3 fully saturated rings. The highest BCUT2D eigenvalue weighted by atomic mass is 16.2. The van der Waals surface area contributed by atoms with Crippen molar-refractivity contribution in [2.24, 2.45) is 5.92 Å². The van der Waals surface area contributed by atoms with E-state index in [4.69, 9.17) is 0 Å². The highest BCUT2D eigenvalue weighted by Gasteiger charge is 2.36. The van der Waals surface area contributed by atoms with Gasteiger partial charge in [0, 0.05) is 37.9 Å². The number of carbonyl (C=O) groups is 2. The zero-order valence-corrected chi connectivity index (χ0v) is 11.4. The predicted octanol–water partition coefficient (Wildman–Crippen LogP) is 0.751. The summed E-state index contributed by atoms with van der Waals surface area (Å²) in [6, 6.07) is 4.01. The van der Waals surface area contributed by atoms with Gasteiger partial charge in [-0.2, -0.15) is 0 Å². The van der Waals surface area contributed by atoms with Crippen molar-refractivity contribution in [3.8, 4) is 0 Å². The Morgan fingerprint density at radius 3 is 3.05 bits per heavy atom. The summed E-state index contributed by atoms with van der Waals surface area (Å²) in [5.41, 5.74) is 1.08. The molecule has 106 valence electrons. The van der Waals surface area contributed by atoms with Crippen molar-refractivity contribution < 1.29 is 9.59 Å². The summed E-state index contributed by atoms with van der Waals surface area (Å²) in [4.78, 5) is 30.0. The first kappa shape index (κ1) is 13.1. The Kier molecular flexibility index (Phi) is 3.67. The highest BCUT2D eigenvalue weighted by molar-refractivity contribution is 5.83. The summed E-state index contributed by atoms with van der Waals surface area (Å²) in [5.74, 6) is 0.238. The second-order valence-electron chi connectivity index (χ2n) is 5.64. The highest BCUT2D eigenvalue weighted by Crippen LogP contribution is 2.23. The molecule has 5 heteroatoms. The van der Waals surface area contributed by atoms with Gasteiger partial charge in [-0.3, -0.25) is 14.6 Å². The van der Waals surface area contributed by atoms with E-state index in [1.165, 1.54) is 0 Å². The Labute approximate surface area is 118 Å². The van der Waals surface area contributed by atoms with E-state index in [2.05, 4.69) is 10.3 Å². The Hall–Kier alpha value is -1.91. The smallest absolute Gasteiger partial charge is 0.225 e. The number of rotatable bonds is 3. The van der Waals surface area contributed by atoms with Gasteiger partial charge >= 0.3 is 0 Å². The quantitative estimate of drug-likeness (QED) is 0.884. The van der Waals surface area contributed by atoms with Crippen LogP contribution in [0.4, 0.5) is 0 Å². The standard InChI is InChI=1S/C15H19N3O2/c19-14(6-3-11-2-1-7-16-8-11)18-9-12-4-5-13(10-18)17-15(12)20/h1-2,7-8,12-13H,3-6,9-10H2,(H,17,20)/t12-,13+/m0/s1. The van der Waals surface area contributed by atoms with Crippen molar-refractivity contribution >= 4 is 11.8 Å². The molecule has 0 aromatic carbocycles. The molecule has 4 rings (SSSR count). The lowest BCUT2D eigenvalue weighted by molar-refractivity contribution is -0.131. The molecule has 2 amide bonds. The molecule has 1 aromatic rings. The van der Waals surface area contributed by atoms with Gasteiger partial charge in [-0.05, 0) is 30.9 Å². The van der Waals surface area contributed by atoms with E-state index in [0.717, 1.165) is 18.4 Å². The van der Waals surface area contributed by atoms with Crippen LogP contribution in [0.15, 0.2) is 24.5 Å². The summed E-state index contributed by atoms with van der Waals surface area (Å²) in [7, 11) is 0.